The second kappa shape index (κ2) is 6.63. The van der Waals surface area contributed by atoms with E-state index in [0.717, 1.165) is 24.2 Å². The number of aryl methyl sites for hydroxylation is 1. The first-order chi connectivity index (χ1) is 13.2. The Morgan fingerprint density at radius 1 is 1.19 bits per heavy atom. The van der Waals surface area contributed by atoms with Gasteiger partial charge in [0.1, 0.15) is 5.65 Å². The fraction of sp³-hybridized carbons (Fsp3) is 0.348. The molecule has 0 bridgehead atoms. The van der Waals surface area contributed by atoms with Crippen molar-refractivity contribution in [1.29, 1.82) is 0 Å². The number of pyridine rings is 1. The zero-order valence-electron chi connectivity index (χ0n) is 15.8. The van der Waals surface area contributed by atoms with Crippen molar-refractivity contribution >= 4 is 11.0 Å². The highest BCUT2D eigenvalue weighted by Gasteiger charge is 2.24. The van der Waals surface area contributed by atoms with Gasteiger partial charge < -0.3 is 15.0 Å². The third kappa shape index (κ3) is 2.99. The number of aromatic nitrogens is 2. The van der Waals surface area contributed by atoms with Gasteiger partial charge >= 0.3 is 0 Å². The molecule has 27 heavy (non-hydrogen) atoms. The van der Waals surface area contributed by atoms with Gasteiger partial charge in [-0.05, 0) is 78.3 Å². The summed E-state index contributed by atoms with van der Waals surface area (Å²) < 4.78 is 5.90. The number of nitrogens with zero attached hydrogens (tertiary/aromatic N) is 1. The van der Waals surface area contributed by atoms with Gasteiger partial charge in [0.15, 0.2) is 0 Å². The summed E-state index contributed by atoms with van der Waals surface area (Å²) in [5.74, 6) is 0. The molecule has 0 spiro atoms. The van der Waals surface area contributed by atoms with Crippen LogP contribution in [-0.4, -0.2) is 23.1 Å². The first-order valence-corrected chi connectivity index (χ1v) is 9.76. The largest absolute Gasteiger partial charge is 0.372 e. The molecule has 0 saturated carbocycles. The van der Waals surface area contributed by atoms with Crippen LogP contribution < -0.4 is 5.32 Å². The number of hydrogen-bond acceptors (Lipinski definition) is 3. The molecule has 138 valence electrons. The maximum Gasteiger partial charge on any atom is 0.137 e. The molecule has 4 heteroatoms. The van der Waals surface area contributed by atoms with Gasteiger partial charge in [-0.25, -0.2) is 4.98 Å². The van der Waals surface area contributed by atoms with Crippen molar-refractivity contribution in [3.05, 3.63) is 65.0 Å². The van der Waals surface area contributed by atoms with E-state index in [1.807, 2.05) is 12.4 Å². The van der Waals surface area contributed by atoms with Crippen LogP contribution >= 0.6 is 0 Å². The summed E-state index contributed by atoms with van der Waals surface area (Å²) >= 11 is 0. The molecule has 3 aromatic rings. The Hall–Kier alpha value is -2.43. The highest BCUT2D eigenvalue weighted by Crippen LogP contribution is 2.36. The molecule has 1 unspecified atom stereocenters. The smallest absolute Gasteiger partial charge is 0.137 e. The Labute approximate surface area is 159 Å². The van der Waals surface area contributed by atoms with Gasteiger partial charge in [0, 0.05) is 29.4 Å². The van der Waals surface area contributed by atoms with E-state index in [4.69, 9.17) is 4.74 Å². The van der Waals surface area contributed by atoms with E-state index in [2.05, 4.69) is 47.0 Å². The first-order valence-electron chi connectivity index (χ1n) is 9.76. The molecule has 2 aliphatic rings. The Bertz CT molecular complexity index is 1030. The van der Waals surface area contributed by atoms with Gasteiger partial charge in [-0.3, -0.25) is 0 Å². The number of aromatic amines is 1. The van der Waals surface area contributed by atoms with E-state index in [1.165, 1.54) is 51.6 Å². The average Bonchev–Trinajstić information content (AvgIpc) is 3.28. The number of fused-ring (bicyclic) bond motifs is 2. The maximum absolute atomic E-state index is 5.90. The van der Waals surface area contributed by atoms with Crippen LogP contribution in [0.25, 0.3) is 22.2 Å². The molecule has 1 saturated heterocycles. The molecule has 1 fully saturated rings. The van der Waals surface area contributed by atoms with Crippen molar-refractivity contribution in [1.82, 2.24) is 15.3 Å². The summed E-state index contributed by atoms with van der Waals surface area (Å²) in [4.78, 5) is 7.88. The van der Waals surface area contributed by atoms with Gasteiger partial charge in [0.2, 0.25) is 0 Å². The minimum Gasteiger partial charge on any atom is -0.372 e. The number of ether oxygens (including phenoxy) is 1. The van der Waals surface area contributed by atoms with Crippen molar-refractivity contribution in [2.75, 3.05) is 13.2 Å². The van der Waals surface area contributed by atoms with Crippen LogP contribution in [0.2, 0.25) is 0 Å². The fourth-order valence-corrected chi connectivity index (χ4v) is 4.43. The third-order valence-corrected chi connectivity index (χ3v) is 5.88. The summed E-state index contributed by atoms with van der Waals surface area (Å²) in [6, 6.07) is 7.34. The summed E-state index contributed by atoms with van der Waals surface area (Å²) in [5, 5.41) is 4.86. The van der Waals surface area contributed by atoms with E-state index in [9.17, 15) is 0 Å². The molecular weight excluding hydrogens is 334 g/mol. The topological polar surface area (TPSA) is 49.9 Å². The van der Waals surface area contributed by atoms with Gasteiger partial charge in [-0.2, -0.15) is 0 Å². The van der Waals surface area contributed by atoms with Crippen molar-refractivity contribution in [2.24, 2.45) is 0 Å². The Kier molecular flexibility index (Phi) is 4.10. The lowest BCUT2D eigenvalue weighted by Gasteiger charge is -2.20. The molecule has 0 radical (unpaired) electrons. The van der Waals surface area contributed by atoms with Crippen LogP contribution in [0.4, 0.5) is 0 Å². The summed E-state index contributed by atoms with van der Waals surface area (Å²) in [5.41, 5.74) is 9.82. The molecule has 1 aromatic carbocycles. The van der Waals surface area contributed by atoms with Crippen LogP contribution in [0.1, 0.15) is 41.1 Å². The molecule has 0 amide bonds. The van der Waals surface area contributed by atoms with Crippen molar-refractivity contribution in [3.63, 3.8) is 0 Å². The van der Waals surface area contributed by atoms with E-state index < -0.39 is 0 Å². The zero-order chi connectivity index (χ0) is 18.4. The molecule has 1 atom stereocenters. The predicted octanol–water partition coefficient (Wildman–Crippen LogP) is 4.59. The molecule has 4 nitrogen and oxygen atoms in total. The van der Waals surface area contributed by atoms with Gasteiger partial charge in [-0.1, -0.05) is 12.6 Å². The molecule has 4 heterocycles. The van der Waals surface area contributed by atoms with Crippen LogP contribution in [0.5, 0.6) is 0 Å². The molecular formula is C23H25N3O. The van der Waals surface area contributed by atoms with E-state index in [-0.39, 0.29) is 0 Å². The highest BCUT2D eigenvalue weighted by molar-refractivity contribution is 5.84. The summed E-state index contributed by atoms with van der Waals surface area (Å²) in [6.45, 7) is 8.73. The van der Waals surface area contributed by atoms with Gasteiger partial charge in [0.25, 0.3) is 0 Å². The van der Waals surface area contributed by atoms with Gasteiger partial charge in [-0.15, -0.1) is 0 Å². The van der Waals surface area contributed by atoms with Crippen molar-refractivity contribution in [2.45, 2.75) is 38.8 Å². The SMILES string of the molecule is C=C1COCc2c(cc(-c3cnc4[nH]cc(C)c4c3)cc2C2CCCN2)C1. The summed E-state index contributed by atoms with van der Waals surface area (Å²) in [7, 11) is 0. The van der Waals surface area contributed by atoms with Crippen molar-refractivity contribution < 1.29 is 4.74 Å². The molecule has 2 N–H and O–H groups in total. The Morgan fingerprint density at radius 3 is 2.96 bits per heavy atom. The maximum atomic E-state index is 5.90. The van der Waals surface area contributed by atoms with Crippen LogP contribution in [0.15, 0.2) is 42.7 Å². The standard InChI is InChI=1S/C23H25N3O/c1-14-6-17-7-16(18-9-19-15(2)10-25-23(19)26-11-18)8-20(21(17)13-27-12-14)22-4-3-5-24-22/h7-11,22,24H,1,3-6,12-13H2,2H3,(H,25,26). The van der Waals surface area contributed by atoms with Crippen LogP contribution in [0, 0.1) is 6.92 Å². The monoisotopic (exact) mass is 359 g/mol. The minimum atomic E-state index is 0.416. The molecule has 5 rings (SSSR count). The zero-order valence-corrected chi connectivity index (χ0v) is 15.8. The lowest BCUT2D eigenvalue weighted by Crippen LogP contribution is -2.16. The lowest BCUT2D eigenvalue weighted by molar-refractivity contribution is 0.145. The number of benzene rings is 1. The Balaban J connectivity index is 1.68. The van der Waals surface area contributed by atoms with Crippen molar-refractivity contribution in [3.8, 4) is 11.1 Å². The number of rotatable bonds is 2. The van der Waals surface area contributed by atoms with Gasteiger partial charge in [0.05, 0.1) is 13.2 Å². The lowest BCUT2D eigenvalue weighted by atomic mass is 9.89. The predicted molar refractivity (Wildman–Crippen MR) is 109 cm³/mol. The quantitative estimate of drug-likeness (QED) is 0.658. The number of hydrogen-bond donors (Lipinski definition) is 2. The number of H-pyrrole nitrogens is 1. The third-order valence-electron chi connectivity index (χ3n) is 5.88. The van der Waals surface area contributed by atoms with Crippen LogP contribution in [0.3, 0.4) is 0 Å². The Morgan fingerprint density at radius 2 is 2.11 bits per heavy atom. The normalized spacial score (nSPS) is 20.0. The fourth-order valence-electron chi connectivity index (χ4n) is 4.43. The minimum absolute atomic E-state index is 0.416. The second-order valence-electron chi connectivity index (χ2n) is 7.86. The molecule has 2 aromatic heterocycles. The van der Waals surface area contributed by atoms with E-state index in [1.54, 1.807) is 0 Å². The first kappa shape index (κ1) is 16.7. The van der Waals surface area contributed by atoms with E-state index in [0.29, 0.717) is 19.3 Å². The summed E-state index contributed by atoms with van der Waals surface area (Å²) in [6.07, 6.45) is 7.31. The van der Waals surface area contributed by atoms with E-state index >= 15 is 0 Å². The molecule has 0 aliphatic carbocycles. The average molecular weight is 359 g/mol. The van der Waals surface area contributed by atoms with Crippen LogP contribution in [-0.2, 0) is 17.8 Å². The molecule has 2 aliphatic heterocycles. The highest BCUT2D eigenvalue weighted by atomic mass is 16.5. The second-order valence-corrected chi connectivity index (χ2v) is 7.86. The number of nitrogens with one attached hydrogen (secondary N) is 2.